The lowest BCUT2D eigenvalue weighted by Crippen LogP contribution is -2.38. The molecule has 0 bridgehead atoms. The van der Waals surface area contributed by atoms with Gasteiger partial charge in [0.2, 0.25) is 11.9 Å². The van der Waals surface area contributed by atoms with Crippen LogP contribution in [0.1, 0.15) is 28.0 Å². The molecule has 1 saturated heterocycles. The number of halogens is 1. The number of carbonyl (C=O) groups is 2. The molecule has 2 amide bonds. The Morgan fingerprint density at radius 1 is 1.06 bits per heavy atom. The summed E-state index contributed by atoms with van der Waals surface area (Å²) >= 11 is 5.88. The van der Waals surface area contributed by atoms with E-state index in [0.717, 1.165) is 0 Å². The number of anilines is 3. The van der Waals surface area contributed by atoms with Gasteiger partial charge in [-0.2, -0.15) is 0 Å². The fourth-order valence-electron chi connectivity index (χ4n) is 3.76. The molecule has 0 aliphatic carbocycles. The van der Waals surface area contributed by atoms with Crippen molar-refractivity contribution in [2.24, 2.45) is 0 Å². The first-order chi connectivity index (χ1) is 16.9. The summed E-state index contributed by atoms with van der Waals surface area (Å²) < 4.78 is 5.34. The number of amides is 2. The Labute approximate surface area is 207 Å². The van der Waals surface area contributed by atoms with Crippen molar-refractivity contribution in [1.82, 2.24) is 9.97 Å². The van der Waals surface area contributed by atoms with Gasteiger partial charge in [-0.15, -0.1) is 0 Å². The largest absolute Gasteiger partial charge is 0.378 e. The van der Waals surface area contributed by atoms with Crippen LogP contribution in [0.25, 0.3) is 0 Å². The van der Waals surface area contributed by atoms with Gasteiger partial charge in [0.1, 0.15) is 0 Å². The van der Waals surface area contributed by atoms with Crippen LogP contribution in [-0.4, -0.2) is 48.1 Å². The molecular weight excluding hydrogens is 470 g/mol. The Balaban J connectivity index is 1.39. The molecule has 2 aromatic carbocycles. The van der Waals surface area contributed by atoms with Crippen molar-refractivity contribution in [2.45, 2.75) is 19.8 Å². The topological polar surface area (TPSA) is 116 Å². The molecule has 35 heavy (non-hydrogen) atoms. The number of rotatable bonds is 7. The molecule has 0 radical (unpaired) electrons. The van der Waals surface area contributed by atoms with Crippen molar-refractivity contribution in [3.05, 3.63) is 80.7 Å². The first-order valence-electron chi connectivity index (χ1n) is 11.3. The number of benzene rings is 2. The monoisotopic (exact) mass is 495 g/mol. The number of aryl methyl sites for hydroxylation is 1. The fourth-order valence-corrected chi connectivity index (χ4v) is 3.89. The minimum Gasteiger partial charge on any atom is -0.378 e. The number of para-hydroxylation sites is 2. The summed E-state index contributed by atoms with van der Waals surface area (Å²) in [4.78, 5) is 47.2. The van der Waals surface area contributed by atoms with Crippen molar-refractivity contribution in [3.8, 4) is 0 Å². The highest BCUT2D eigenvalue weighted by Gasteiger charge is 2.17. The average Bonchev–Trinajstić information content (AvgIpc) is 2.85. The summed E-state index contributed by atoms with van der Waals surface area (Å²) in [6.07, 6.45) is 0.324. The lowest BCUT2D eigenvalue weighted by Gasteiger charge is -2.27. The smallest absolute Gasteiger partial charge is 0.255 e. The van der Waals surface area contributed by atoms with Crippen LogP contribution in [0.5, 0.6) is 0 Å². The molecule has 1 aromatic heterocycles. The quantitative estimate of drug-likeness (QED) is 0.462. The normalized spacial score (nSPS) is 13.4. The molecular formula is C25H26ClN5O4. The Morgan fingerprint density at radius 3 is 2.37 bits per heavy atom. The highest BCUT2D eigenvalue weighted by Crippen LogP contribution is 2.22. The van der Waals surface area contributed by atoms with E-state index in [0.29, 0.717) is 65.5 Å². The van der Waals surface area contributed by atoms with Crippen LogP contribution in [-0.2, 0) is 16.0 Å². The maximum Gasteiger partial charge on any atom is 0.255 e. The molecule has 10 heteroatoms. The van der Waals surface area contributed by atoms with Crippen molar-refractivity contribution in [2.75, 3.05) is 41.8 Å². The zero-order valence-corrected chi connectivity index (χ0v) is 20.0. The summed E-state index contributed by atoms with van der Waals surface area (Å²) in [6.45, 7) is 4.28. The lowest BCUT2D eigenvalue weighted by atomic mass is 10.1. The summed E-state index contributed by atoms with van der Waals surface area (Å²) in [5, 5.41) is 6.16. The van der Waals surface area contributed by atoms with Gasteiger partial charge >= 0.3 is 0 Å². The molecule has 1 aliphatic heterocycles. The Hall–Kier alpha value is -3.69. The number of morpholine rings is 1. The number of ether oxygens (including phenoxy) is 1. The van der Waals surface area contributed by atoms with Gasteiger partial charge in [0.05, 0.1) is 24.6 Å². The molecule has 3 N–H and O–H groups in total. The zero-order valence-electron chi connectivity index (χ0n) is 19.3. The first-order valence-corrected chi connectivity index (χ1v) is 11.7. The standard InChI is InChI=1S/C25H26ClN5O4/c1-16-19(24(34)30-25(27-16)31-12-14-35-15-13-31)10-11-22(32)28-20-4-2-3-5-21(20)29-23(33)17-6-8-18(26)9-7-17/h2-9H,10-15H2,1H3,(H,28,32)(H,29,33)(H,27,30,34). The van der Waals surface area contributed by atoms with Crippen LogP contribution in [0, 0.1) is 6.92 Å². The molecule has 2 heterocycles. The predicted octanol–water partition coefficient (Wildman–Crippen LogP) is 3.39. The number of carbonyl (C=O) groups excluding carboxylic acids is 2. The average molecular weight is 496 g/mol. The molecule has 3 aromatic rings. The Bertz CT molecular complexity index is 1270. The van der Waals surface area contributed by atoms with Gasteiger partial charge in [0.15, 0.2) is 0 Å². The second kappa shape index (κ2) is 11.2. The SMILES string of the molecule is Cc1nc(N2CCOCC2)[nH]c(=O)c1CCC(=O)Nc1ccccc1NC(=O)c1ccc(Cl)cc1. The molecule has 1 fully saturated rings. The number of aromatic amines is 1. The van der Waals surface area contributed by atoms with E-state index < -0.39 is 0 Å². The Kier molecular flexibility index (Phi) is 7.79. The van der Waals surface area contributed by atoms with Crippen LogP contribution in [0.3, 0.4) is 0 Å². The third-order valence-electron chi connectivity index (χ3n) is 5.68. The number of H-pyrrole nitrogens is 1. The molecule has 9 nitrogen and oxygen atoms in total. The molecule has 0 spiro atoms. The van der Waals surface area contributed by atoms with E-state index in [4.69, 9.17) is 16.3 Å². The number of hydrogen-bond acceptors (Lipinski definition) is 6. The van der Waals surface area contributed by atoms with Crippen molar-refractivity contribution in [3.63, 3.8) is 0 Å². The number of nitrogens with zero attached hydrogens (tertiary/aromatic N) is 2. The van der Waals surface area contributed by atoms with Crippen molar-refractivity contribution in [1.29, 1.82) is 0 Å². The molecule has 4 rings (SSSR count). The van der Waals surface area contributed by atoms with Gasteiger partial charge in [-0.1, -0.05) is 23.7 Å². The zero-order chi connectivity index (χ0) is 24.8. The minimum atomic E-state index is -0.322. The van der Waals surface area contributed by atoms with Gasteiger partial charge in [-0.3, -0.25) is 19.4 Å². The number of nitrogens with one attached hydrogen (secondary N) is 3. The van der Waals surface area contributed by atoms with Crippen LogP contribution >= 0.6 is 11.6 Å². The van der Waals surface area contributed by atoms with Crippen LogP contribution < -0.4 is 21.1 Å². The van der Waals surface area contributed by atoms with E-state index in [1.54, 1.807) is 55.5 Å². The van der Waals surface area contributed by atoms with Gasteiger partial charge < -0.3 is 20.3 Å². The predicted molar refractivity (Wildman–Crippen MR) is 135 cm³/mol. The van der Waals surface area contributed by atoms with E-state index in [1.807, 2.05) is 4.90 Å². The summed E-state index contributed by atoms with van der Waals surface area (Å²) in [5.74, 6) is -0.0828. The summed E-state index contributed by atoms with van der Waals surface area (Å²) in [7, 11) is 0. The van der Waals surface area contributed by atoms with Gasteiger partial charge in [0, 0.05) is 41.4 Å². The van der Waals surface area contributed by atoms with E-state index in [9.17, 15) is 14.4 Å². The van der Waals surface area contributed by atoms with Gasteiger partial charge in [0.25, 0.3) is 11.5 Å². The molecule has 182 valence electrons. The number of hydrogen-bond donors (Lipinski definition) is 3. The summed E-state index contributed by atoms with van der Waals surface area (Å²) in [5.41, 5.74) is 2.19. The first kappa shape index (κ1) is 24.4. The second-order valence-electron chi connectivity index (χ2n) is 8.11. The van der Waals surface area contributed by atoms with E-state index in [1.165, 1.54) is 0 Å². The van der Waals surface area contributed by atoms with Crippen LogP contribution in [0.15, 0.2) is 53.3 Å². The van der Waals surface area contributed by atoms with E-state index >= 15 is 0 Å². The molecule has 0 atom stereocenters. The second-order valence-corrected chi connectivity index (χ2v) is 8.54. The molecule has 0 saturated carbocycles. The van der Waals surface area contributed by atoms with E-state index in [2.05, 4.69) is 20.6 Å². The summed E-state index contributed by atoms with van der Waals surface area (Å²) in [6, 6.07) is 13.4. The van der Waals surface area contributed by atoms with E-state index in [-0.39, 0.29) is 30.2 Å². The molecule has 1 aliphatic rings. The highest BCUT2D eigenvalue weighted by atomic mass is 35.5. The molecule has 0 unspecified atom stereocenters. The fraction of sp³-hybridized carbons (Fsp3) is 0.280. The third-order valence-corrected chi connectivity index (χ3v) is 5.93. The van der Waals surface area contributed by atoms with Gasteiger partial charge in [-0.25, -0.2) is 4.98 Å². The minimum absolute atomic E-state index is 0.0853. The van der Waals surface area contributed by atoms with Crippen molar-refractivity contribution >= 4 is 40.7 Å². The maximum absolute atomic E-state index is 12.7. The highest BCUT2D eigenvalue weighted by molar-refractivity contribution is 6.30. The van der Waals surface area contributed by atoms with Gasteiger partial charge in [-0.05, 0) is 49.7 Å². The van der Waals surface area contributed by atoms with Crippen LogP contribution in [0.2, 0.25) is 5.02 Å². The maximum atomic E-state index is 12.7. The lowest BCUT2D eigenvalue weighted by molar-refractivity contribution is -0.116. The van der Waals surface area contributed by atoms with Crippen LogP contribution in [0.4, 0.5) is 17.3 Å². The van der Waals surface area contributed by atoms with Crippen molar-refractivity contribution < 1.29 is 14.3 Å². The Morgan fingerprint density at radius 2 is 1.71 bits per heavy atom. The third kappa shape index (κ3) is 6.26. The number of aromatic nitrogens is 2.